The van der Waals surface area contributed by atoms with Crippen molar-refractivity contribution in [2.75, 3.05) is 12.4 Å². The quantitative estimate of drug-likeness (QED) is 0.848. The highest BCUT2D eigenvalue weighted by Crippen LogP contribution is 2.14. The van der Waals surface area contributed by atoms with Gasteiger partial charge in [-0.1, -0.05) is 35.5 Å². The third-order valence-electron chi connectivity index (χ3n) is 2.55. The minimum atomic E-state index is -0.782. The Morgan fingerprint density at radius 3 is 2.65 bits per heavy atom. The first-order valence-electron chi connectivity index (χ1n) is 5.74. The molecule has 0 fully saturated rings. The molecule has 0 unspecified atom stereocenters. The molecule has 1 aromatic heterocycles. The van der Waals surface area contributed by atoms with E-state index in [1.807, 2.05) is 30.3 Å². The van der Waals surface area contributed by atoms with Gasteiger partial charge in [0, 0.05) is 0 Å². The number of ether oxygens (including phenoxy) is 1. The number of methoxy groups -OCH3 is 1. The lowest BCUT2D eigenvalue weighted by Gasteiger charge is -2.08. The Morgan fingerprint density at radius 2 is 2.05 bits per heavy atom. The zero-order valence-corrected chi connectivity index (χ0v) is 10.7. The maximum absolute atomic E-state index is 11.3. The molecule has 0 saturated carbocycles. The number of carbonyl (C=O) groups excluding carboxylic acids is 2. The molecule has 0 aliphatic carbocycles. The molecule has 8 heteroatoms. The Kier molecular flexibility index (Phi) is 3.94. The second-order valence-electron chi connectivity index (χ2n) is 3.91. The summed E-state index contributed by atoms with van der Waals surface area (Å²) < 4.78 is 5.86. The van der Waals surface area contributed by atoms with Crippen molar-refractivity contribution in [2.24, 2.45) is 5.73 Å². The SMILES string of the molecule is COC(=O)Nc1c(C(N)=O)nnn1Cc1ccccc1. The second-order valence-corrected chi connectivity index (χ2v) is 3.91. The lowest BCUT2D eigenvalue weighted by molar-refractivity contribution is 0.0996. The van der Waals surface area contributed by atoms with Crippen molar-refractivity contribution in [3.8, 4) is 0 Å². The van der Waals surface area contributed by atoms with Crippen LogP contribution in [0.2, 0.25) is 0 Å². The zero-order valence-electron chi connectivity index (χ0n) is 10.7. The molecule has 0 aliphatic rings. The Balaban J connectivity index is 2.32. The van der Waals surface area contributed by atoms with Crippen LogP contribution in [0, 0.1) is 0 Å². The summed E-state index contributed by atoms with van der Waals surface area (Å²) in [6, 6.07) is 9.39. The summed E-state index contributed by atoms with van der Waals surface area (Å²) in [4.78, 5) is 22.6. The molecular weight excluding hydrogens is 262 g/mol. The van der Waals surface area contributed by atoms with E-state index in [1.54, 1.807) is 0 Å². The summed E-state index contributed by atoms with van der Waals surface area (Å²) in [5.74, 6) is -0.677. The number of anilines is 1. The van der Waals surface area contributed by atoms with E-state index < -0.39 is 12.0 Å². The average molecular weight is 275 g/mol. The summed E-state index contributed by atoms with van der Waals surface area (Å²) >= 11 is 0. The van der Waals surface area contributed by atoms with E-state index in [0.29, 0.717) is 6.54 Å². The van der Waals surface area contributed by atoms with E-state index in [-0.39, 0.29) is 11.5 Å². The molecule has 20 heavy (non-hydrogen) atoms. The van der Waals surface area contributed by atoms with Gasteiger partial charge in [-0.3, -0.25) is 10.1 Å². The average Bonchev–Trinajstić information content (AvgIpc) is 2.83. The standard InChI is InChI=1S/C12H13N5O3/c1-20-12(19)14-11-9(10(13)18)15-16-17(11)7-8-5-3-2-4-6-8/h2-6H,7H2,1H3,(H2,13,18)(H,14,19). The van der Waals surface area contributed by atoms with Gasteiger partial charge in [-0.05, 0) is 5.56 Å². The van der Waals surface area contributed by atoms with Crippen LogP contribution in [-0.4, -0.2) is 34.1 Å². The molecule has 0 atom stereocenters. The molecule has 0 bridgehead atoms. The molecule has 2 aromatic rings. The summed E-state index contributed by atoms with van der Waals surface area (Å²) in [5.41, 5.74) is 6.00. The van der Waals surface area contributed by atoms with E-state index >= 15 is 0 Å². The molecular formula is C12H13N5O3. The number of hydrogen-bond donors (Lipinski definition) is 2. The minimum Gasteiger partial charge on any atom is -0.453 e. The number of nitrogens with one attached hydrogen (secondary N) is 1. The number of carbonyl (C=O) groups is 2. The fraction of sp³-hybridized carbons (Fsp3) is 0.167. The fourth-order valence-corrected chi connectivity index (χ4v) is 1.62. The number of hydrogen-bond acceptors (Lipinski definition) is 5. The van der Waals surface area contributed by atoms with Crippen molar-refractivity contribution < 1.29 is 14.3 Å². The first-order chi connectivity index (χ1) is 9.61. The predicted molar refractivity (Wildman–Crippen MR) is 70.1 cm³/mol. The number of amides is 2. The van der Waals surface area contributed by atoms with Crippen LogP contribution < -0.4 is 11.1 Å². The van der Waals surface area contributed by atoms with Gasteiger partial charge in [0.25, 0.3) is 5.91 Å². The molecule has 1 heterocycles. The highest BCUT2D eigenvalue weighted by Gasteiger charge is 2.19. The molecule has 2 rings (SSSR count). The molecule has 0 spiro atoms. The van der Waals surface area contributed by atoms with Gasteiger partial charge < -0.3 is 10.5 Å². The Bertz CT molecular complexity index is 623. The van der Waals surface area contributed by atoms with E-state index in [4.69, 9.17) is 5.73 Å². The van der Waals surface area contributed by atoms with Gasteiger partial charge >= 0.3 is 6.09 Å². The van der Waals surface area contributed by atoms with E-state index in [2.05, 4.69) is 20.4 Å². The normalized spacial score (nSPS) is 10.1. The van der Waals surface area contributed by atoms with Crippen LogP contribution in [-0.2, 0) is 11.3 Å². The number of nitrogens with zero attached hydrogens (tertiary/aromatic N) is 3. The summed E-state index contributed by atoms with van der Waals surface area (Å²) in [5, 5.41) is 9.87. The predicted octanol–water partition coefficient (Wildman–Crippen LogP) is 0.604. The Morgan fingerprint density at radius 1 is 1.35 bits per heavy atom. The number of aromatic nitrogens is 3. The van der Waals surface area contributed by atoms with Gasteiger partial charge in [-0.2, -0.15) is 0 Å². The van der Waals surface area contributed by atoms with Gasteiger partial charge in [-0.15, -0.1) is 5.10 Å². The second kappa shape index (κ2) is 5.83. The van der Waals surface area contributed by atoms with Gasteiger partial charge in [-0.25, -0.2) is 9.48 Å². The van der Waals surface area contributed by atoms with Crippen LogP contribution in [0.25, 0.3) is 0 Å². The smallest absolute Gasteiger partial charge is 0.412 e. The van der Waals surface area contributed by atoms with Gasteiger partial charge in [0.15, 0.2) is 11.5 Å². The number of primary amides is 1. The molecule has 0 aliphatic heterocycles. The molecule has 104 valence electrons. The van der Waals surface area contributed by atoms with Crippen molar-refractivity contribution in [3.05, 3.63) is 41.6 Å². The largest absolute Gasteiger partial charge is 0.453 e. The van der Waals surface area contributed by atoms with E-state index in [0.717, 1.165) is 5.56 Å². The number of nitrogens with two attached hydrogens (primary N) is 1. The molecule has 0 saturated heterocycles. The van der Waals surface area contributed by atoms with Crippen molar-refractivity contribution in [1.82, 2.24) is 15.0 Å². The molecule has 8 nitrogen and oxygen atoms in total. The zero-order chi connectivity index (χ0) is 14.5. The van der Waals surface area contributed by atoms with Crippen molar-refractivity contribution >= 4 is 17.8 Å². The maximum atomic E-state index is 11.3. The van der Waals surface area contributed by atoms with Gasteiger partial charge in [0.2, 0.25) is 0 Å². The molecule has 0 radical (unpaired) electrons. The van der Waals surface area contributed by atoms with Crippen molar-refractivity contribution in [3.63, 3.8) is 0 Å². The summed E-state index contributed by atoms with van der Waals surface area (Å²) in [6.07, 6.45) is -0.732. The van der Waals surface area contributed by atoms with Crippen LogP contribution in [0.4, 0.5) is 10.6 Å². The third kappa shape index (κ3) is 2.91. The molecule has 1 aromatic carbocycles. The third-order valence-corrected chi connectivity index (χ3v) is 2.55. The summed E-state index contributed by atoms with van der Waals surface area (Å²) in [6.45, 7) is 0.334. The number of rotatable bonds is 4. The van der Waals surface area contributed by atoms with E-state index in [9.17, 15) is 9.59 Å². The van der Waals surface area contributed by atoms with Crippen LogP contribution in [0.1, 0.15) is 16.1 Å². The maximum Gasteiger partial charge on any atom is 0.412 e. The minimum absolute atomic E-state index is 0.105. The highest BCUT2D eigenvalue weighted by molar-refractivity contribution is 5.98. The first kappa shape index (κ1) is 13.5. The van der Waals surface area contributed by atoms with Gasteiger partial charge in [0.05, 0.1) is 13.7 Å². The van der Waals surface area contributed by atoms with Crippen molar-refractivity contribution in [1.29, 1.82) is 0 Å². The van der Waals surface area contributed by atoms with Crippen LogP contribution >= 0.6 is 0 Å². The molecule has 2 amide bonds. The van der Waals surface area contributed by atoms with E-state index in [1.165, 1.54) is 11.8 Å². The lowest BCUT2D eigenvalue weighted by Crippen LogP contribution is -2.20. The Hall–Kier alpha value is -2.90. The number of benzene rings is 1. The fourth-order valence-electron chi connectivity index (χ4n) is 1.62. The highest BCUT2D eigenvalue weighted by atomic mass is 16.5. The Labute approximate surface area is 114 Å². The molecule has 3 N–H and O–H groups in total. The van der Waals surface area contributed by atoms with Crippen LogP contribution in [0.15, 0.2) is 30.3 Å². The summed E-state index contributed by atoms with van der Waals surface area (Å²) in [7, 11) is 1.21. The lowest BCUT2D eigenvalue weighted by atomic mass is 10.2. The topological polar surface area (TPSA) is 112 Å². The monoisotopic (exact) mass is 275 g/mol. The van der Waals surface area contributed by atoms with Crippen LogP contribution in [0.3, 0.4) is 0 Å². The van der Waals surface area contributed by atoms with Crippen LogP contribution in [0.5, 0.6) is 0 Å². The van der Waals surface area contributed by atoms with Crippen molar-refractivity contribution in [2.45, 2.75) is 6.54 Å². The first-order valence-corrected chi connectivity index (χ1v) is 5.74. The van der Waals surface area contributed by atoms with Gasteiger partial charge in [0.1, 0.15) is 0 Å².